The maximum absolute atomic E-state index is 12.6. The molecule has 0 spiro atoms. The summed E-state index contributed by atoms with van der Waals surface area (Å²) in [6.07, 6.45) is -31.5. The van der Waals surface area contributed by atoms with E-state index in [1.807, 2.05) is 0 Å². The minimum Gasteiger partial charge on any atom is -0.477 e. The van der Waals surface area contributed by atoms with Crippen molar-refractivity contribution >= 4 is 11.9 Å². The summed E-state index contributed by atoms with van der Waals surface area (Å²) in [5.74, 6) is -9.94. The van der Waals surface area contributed by atoms with Crippen molar-refractivity contribution < 1.29 is 114 Å². The summed E-state index contributed by atoms with van der Waals surface area (Å²) in [4.78, 5) is 24.1. The lowest BCUT2D eigenvalue weighted by atomic mass is 9.92. The van der Waals surface area contributed by atoms with Gasteiger partial charge in [-0.25, -0.2) is 9.59 Å². The average molecular weight is 723 g/mol. The van der Waals surface area contributed by atoms with Crippen molar-refractivity contribution in [2.24, 2.45) is 0 Å². The minimum absolute atomic E-state index is 0.749. The minimum atomic E-state index is -3.03. The fraction of sp³-hybridized carbons (Fsp3) is 0.923. The van der Waals surface area contributed by atoms with Gasteiger partial charge in [-0.1, -0.05) is 0 Å². The van der Waals surface area contributed by atoms with E-state index < -0.39 is 161 Å². The zero-order chi connectivity index (χ0) is 36.6. The zero-order valence-corrected chi connectivity index (χ0v) is 25.4. The third-order valence-electron chi connectivity index (χ3n) is 8.75. The maximum Gasteiger partial charge on any atom is 0.364 e. The molecule has 0 aliphatic carbocycles. The summed E-state index contributed by atoms with van der Waals surface area (Å²) in [6.45, 7) is -3.91. The average Bonchev–Trinajstić information content (AvgIpc) is 3.50. The lowest BCUT2D eigenvalue weighted by molar-refractivity contribution is -0.350. The van der Waals surface area contributed by atoms with Gasteiger partial charge in [-0.15, -0.1) is 0 Å². The highest BCUT2D eigenvalue weighted by molar-refractivity contribution is 5.76. The number of carbonyl (C=O) groups is 2. The molecule has 4 aliphatic heterocycles. The number of hydrogen-bond donors (Lipinski definition) is 14. The lowest BCUT2D eigenvalue weighted by Gasteiger charge is -2.46. The SMILES string of the molecule is O=C(O)C1(O)C[C@@H](O)[C@@H](O)[C@@H]([C@@H](CO)O[C@@H]2O[C@H](CO)[C@@H](O[C@@]3(C(=O)O)C[C@@H](O)[C@@H](O)[C@@H]([C@@H](CO)O[C@@H]4O[C@H](CO)[C@@H](O)[C@H]4O)O3)[C@H]2O)O1. The van der Waals surface area contributed by atoms with Gasteiger partial charge in [-0.2, -0.15) is 0 Å². The molecule has 49 heavy (non-hydrogen) atoms. The number of aliphatic hydroxyl groups is 12. The molecule has 1 unspecified atom stereocenters. The van der Waals surface area contributed by atoms with E-state index in [-0.39, 0.29) is 0 Å². The molecule has 23 nitrogen and oxygen atoms in total. The molecule has 0 saturated carbocycles. The first-order chi connectivity index (χ1) is 23.0. The van der Waals surface area contributed by atoms with E-state index >= 15 is 0 Å². The highest BCUT2D eigenvalue weighted by Crippen LogP contribution is 2.39. The second-order valence-electron chi connectivity index (χ2n) is 12.1. The van der Waals surface area contributed by atoms with Crippen LogP contribution >= 0.6 is 0 Å². The van der Waals surface area contributed by atoms with Gasteiger partial charge in [0.2, 0.25) is 0 Å². The molecule has 0 aromatic rings. The second-order valence-corrected chi connectivity index (χ2v) is 12.1. The van der Waals surface area contributed by atoms with Crippen molar-refractivity contribution in [2.45, 2.75) is 122 Å². The number of aliphatic carboxylic acids is 2. The zero-order valence-electron chi connectivity index (χ0n) is 25.4. The van der Waals surface area contributed by atoms with Crippen LogP contribution in [0.3, 0.4) is 0 Å². The number of carboxylic acid groups (broad SMARTS) is 2. The van der Waals surface area contributed by atoms with Gasteiger partial charge in [0, 0.05) is 12.8 Å². The highest BCUT2D eigenvalue weighted by atomic mass is 16.8. The van der Waals surface area contributed by atoms with E-state index in [1.165, 1.54) is 0 Å². The van der Waals surface area contributed by atoms with Crippen molar-refractivity contribution in [3.05, 3.63) is 0 Å². The van der Waals surface area contributed by atoms with Crippen LogP contribution in [-0.4, -0.2) is 219 Å². The quantitative estimate of drug-likeness (QED) is 0.0791. The van der Waals surface area contributed by atoms with Gasteiger partial charge in [0.05, 0.1) is 38.6 Å². The molecular weight excluding hydrogens is 680 g/mol. The molecule has 0 amide bonds. The Morgan fingerprint density at radius 1 is 0.653 bits per heavy atom. The Morgan fingerprint density at radius 3 is 1.61 bits per heavy atom. The van der Waals surface area contributed by atoms with Crippen LogP contribution in [0, 0.1) is 0 Å². The molecule has 23 heteroatoms. The molecule has 4 saturated heterocycles. The van der Waals surface area contributed by atoms with Gasteiger partial charge in [-0.3, -0.25) is 0 Å². The Balaban J connectivity index is 1.54. The fourth-order valence-electron chi connectivity index (χ4n) is 6.01. The number of aliphatic hydroxyl groups excluding tert-OH is 11. The number of rotatable bonds is 14. The first kappa shape index (κ1) is 40.0. The molecule has 4 rings (SSSR count). The fourth-order valence-corrected chi connectivity index (χ4v) is 6.01. The number of hydrogen-bond acceptors (Lipinski definition) is 21. The standard InChI is InChI=1S/C26H42O23/c27-3-9-15(35)16(36)21(43-9)44-11(5-29)19-14(34)8(32)2-26(48-19,24(40)41)49-20-12(6-30)46-22(17(20)37)45-10(4-28)18-13(33)7(31)1-25(42,47-18)23(38)39/h7-22,27-37,42H,1-6H2,(H,38,39)(H,40,41)/t7-,8-,9-,10-,11-,12-,13-,14-,15-,16-,17-,18-,19-,20-,21+,22-,25?,26-/m1/s1. The molecule has 4 heterocycles. The van der Waals surface area contributed by atoms with Gasteiger partial charge >= 0.3 is 11.9 Å². The van der Waals surface area contributed by atoms with Gasteiger partial charge < -0.3 is 105 Å². The summed E-state index contributed by atoms with van der Waals surface area (Å²) in [5.41, 5.74) is 0. The highest BCUT2D eigenvalue weighted by Gasteiger charge is 2.60. The lowest BCUT2D eigenvalue weighted by Crippen LogP contribution is -2.65. The Hall–Kier alpha value is -1.82. The van der Waals surface area contributed by atoms with Crippen LogP contribution in [-0.2, 0) is 42.7 Å². The van der Waals surface area contributed by atoms with E-state index in [0.717, 1.165) is 0 Å². The van der Waals surface area contributed by atoms with Crippen molar-refractivity contribution in [3.63, 3.8) is 0 Å². The largest absolute Gasteiger partial charge is 0.477 e. The number of carboxylic acids is 2. The summed E-state index contributed by atoms with van der Waals surface area (Å²) in [7, 11) is 0. The molecule has 4 fully saturated rings. The van der Waals surface area contributed by atoms with E-state index in [4.69, 9.17) is 33.2 Å². The molecule has 0 aromatic carbocycles. The number of ether oxygens (including phenoxy) is 7. The first-order valence-corrected chi connectivity index (χ1v) is 15.0. The van der Waals surface area contributed by atoms with E-state index in [9.17, 15) is 81.1 Å². The molecule has 4 aliphatic rings. The van der Waals surface area contributed by atoms with E-state index in [1.54, 1.807) is 0 Å². The van der Waals surface area contributed by atoms with Crippen LogP contribution in [0.5, 0.6) is 0 Å². The van der Waals surface area contributed by atoms with E-state index in [0.29, 0.717) is 0 Å². The van der Waals surface area contributed by atoms with Gasteiger partial charge in [0.15, 0.2) is 12.6 Å². The van der Waals surface area contributed by atoms with Gasteiger partial charge in [0.1, 0.15) is 73.2 Å². The Morgan fingerprint density at radius 2 is 1.14 bits per heavy atom. The molecule has 0 radical (unpaired) electrons. The summed E-state index contributed by atoms with van der Waals surface area (Å²) < 4.78 is 37.6. The van der Waals surface area contributed by atoms with Gasteiger partial charge in [-0.05, 0) is 0 Å². The van der Waals surface area contributed by atoms with Crippen molar-refractivity contribution in [2.75, 3.05) is 26.4 Å². The van der Waals surface area contributed by atoms with Crippen LogP contribution < -0.4 is 0 Å². The first-order valence-electron chi connectivity index (χ1n) is 15.0. The van der Waals surface area contributed by atoms with Crippen molar-refractivity contribution in [3.8, 4) is 0 Å². The third kappa shape index (κ3) is 7.85. The van der Waals surface area contributed by atoms with Crippen LogP contribution in [0.15, 0.2) is 0 Å². The van der Waals surface area contributed by atoms with Crippen LogP contribution in [0.1, 0.15) is 12.8 Å². The third-order valence-corrected chi connectivity index (χ3v) is 8.75. The molecule has 284 valence electrons. The monoisotopic (exact) mass is 722 g/mol. The predicted molar refractivity (Wildman–Crippen MR) is 144 cm³/mol. The Labute approximate surface area is 275 Å². The predicted octanol–water partition coefficient (Wildman–Crippen LogP) is -8.78. The summed E-state index contributed by atoms with van der Waals surface area (Å²) in [6, 6.07) is 0. The second kappa shape index (κ2) is 15.8. The summed E-state index contributed by atoms with van der Waals surface area (Å²) >= 11 is 0. The van der Waals surface area contributed by atoms with E-state index in [2.05, 4.69) is 0 Å². The molecule has 18 atom stereocenters. The van der Waals surface area contributed by atoms with Crippen molar-refractivity contribution in [1.82, 2.24) is 0 Å². The summed E-state index contributed by atoms with van der Waals surface area (Å²) in [5, 5.41) is 142. The Bertz CT molecular complexity index is 1130. The molecule has 14 N–H and O–H groups in total. The van der Waals surface area contributed by atoms with Crippen LogP contribution in [0.2, 0.25) is 0 Å². The topological polar surface area (TPSA) is 382 Å². The molecule has 0 bridgehead atoms. The van der Waals surface area contributed by atoms with Gasteiger partial charge in [0.25, 0.3) is 11.6 Å². The molecule has 0 aromatic heterocycles. The maximum atomic E-state index is 12.6. The van der Waals surface area contributed by atoms with Crippen LogP contribution in [0.25, 0.3) is 0 Å². The Kier molecular flexibility index (Phi) is 12.9. The van der Waals surface area contributed by atoms with Crippen LogP contribution in [0.4, 0.5) is 0 Å². The van der Waals surface area contributed by atoms with Crippen molar-refractivity contribution in [1.29, 1.82) is 0 Å². The smallest absolute Gasteiger partial charge is 0.364 e. The normalized spacial score (nSPS) is 47.2. The molecular formula is C26H42O23.